The van der Waals surface area contributed by atoms with Crippen LogP contribution in [0.5, 0.6) is 5.88 Å². The van der Waals surface area contributed by atoms with Crippen molar-refractivity contribution in [2.75, 3.05) is 23.9 Å². The number of aromatic nitrogens is 2. The highest BCUT2D eigenvalue weighted by atomic mass is 32.2. The Labute approximate surface area is 111 Å². The van der Waals surface area contributed by atoms with Crippen LogP contribution in [0.15, 0.2) is 6.33 Å². The lowest BCUT2D eigenvalue weighted by Gasteiger charge is -2.16. The summed E-state index contributed by atoms with van der Waals surface area (Å²) in [5.74, 6) is 2.08. The molecule has 0 spiro atoms. The molecule has 0 amide bonds. The Hall–Kier alpha value is -1.17. The van der Waals surface area contributed by atoms with E-state index in [1.54, 1.807) is 6.26 Å². The number of ether oxygens (including phenoxy) is 1. The predicted octanol–water partition coefficient (Wildman–Crippen LogP) is 1.75. The van der Waals surface area contributed by atoms with E-state index in [2.05, 4.69) is 22.2 Å². The van der Waals surface area contributed by atoms with E-state index in [-0.39, 0.29) is 6.04 Å². The third-order valence-electron chi connectivity index (χ3n) is 2.54. The third-order valence-corrected chi connectivity index (χ3v) is 3.35. The van der Waals surface area contributed by atoms with Crippen molar-refractivity contribution in [1.29, 1.82) is 0 Å². The summed E-state index contributed by atoms with van der Waals surface area (Å²) in [7, 11) is -0.754. The minimum atomic E-state index is -0.754. The van der Waals surface area contributed by atoms with Gasteiger partial charge in [0.1, 0.15) is 12.1 Å². The fourth-order valence-corrected chi connectivity index (χ4v) is 2.20. The Bertz CT molecular complexity index is 412. The molecular weight excluding hydrogens is 250 g/mol. The molecule has 6 heteroatoms. The summed E-state index contributed by atoms with van der Waals surface area (Å²) >= 11 is 0. The first-order valence-electron chi connectivity index (χ1n) is 6.05. The standard InChI is InChI=1S/C12H21N3O2S/c1-5-17-12-10(3)11(13-8-14-12)15-9(2)6-7-18(4)16/h8-9H,5-7H2,1-4H3,(H,13,14,15). The molecule has 1 N–H and O–H groups in total. The van der Waals surface area contributed by atoms with Crippen molar-refractivity contribution >= 4 is 16.6 Å². The molecule has 1 heterocycles. The molecule has 0 radical (unpaired) electrons. The van der Waals surface area contributed by atoms with Gasteiger partial charge in [-0.1, -0.05) is 0 Å². The molecule has 0 aliphatic carbocycles. The van der Waals surface area contributed by atoms with Gasteiger partial charge in [-0.25, -0.2) is 9.97 Å². The number of anilines is 1. The Kier molecular flexibility index (Phi) is 6.04. The summed E-state index contributed by atoms with van der Waals surface area (Å²) in [4.78, 5) is 8.30. The minimum Gasteiger partial charge on any atom is -0.478 e. The SMILES string of the molecule is CCOc1ncnc(NC(C)CCS(C)=O)c1C. The predicted molar refractivity (Wildman–Crippen MR) is 74.6 cm³/mol. The maximum absolute atomic E-state index is 11.0. The van der Waals surface area contributed by atoms with Gasteiger partial charge >= 0.3 is 0 Å². The van der Waals surface area contributed by atoms with Gasteiger partial charge in [0.2, 0.25) is 5.88 Å². The van der Waals surface area contributed by atoms with Gasteiger partial charge in [0.05, 0.1) is 12.2 Å². The van der Waals surface area contributed by atoms with Crippen molar-refractivity contribution in [3.05, 3.63) is 11.9 Å². The van der Waals surface area contributed by atoms with E-state index in [0.29, 0.717) is 18.2 Å². The van der Waals surface area contributed by atoms with Gasteiger partial charge in [-0.3, -0.25) is 4.21 Å². The van der Waals surface area contributed by atoms with Crippen LogP contribution in [0, 0.1) is 6.92 Å². The molecule has 102 valence electrons. The summed E-state index contributed by atoms with van der Waals surface area (Å²) in [5, 5.41) is 3.30. The van der Waals surface area contributed by atoms with Crippen LogP contribution in [0.1, 0.15) is 25.8 Å². The number of nitrogens with one attached hydrogen (secondary N) is 1. The van der Waals surface area contributed by atoms with Gasteiger partial charge in [-0.2, -0.15) is 0 Å². The highest BCUT2D eigenvalue weighted by molar-refractivity contribution is 7.84. The van der Waals surface area contributed by atoms with Gasteiger partial charge in [0.15, 0.2) is 0 Å². The van der Waals surface area contributed by atoms with Gasteiger partial charge in [-0.15, -0.1) is 0 Å². The van der Waals surface area contributed by atoms with Gasteiger partial charge < -0.3 is 10.1 Å². The number of rotatable bonds is 7. The van der Waals surface area contributed by atoms with Crippen molar-refractivity contribution < 1.29 is 8.95 Å². The molecule has 2 atom stereocenters. The Balaban J connectivity index is 2.66. The lowest BCUT2D eigenvalue weighted by atomic mass is 10.2. The second-order valence-corrected chi connectivity index (χ2v) is 5.75. The van der Waals surface area contributed by atoms with E-state index in [1.807, 2.05) is 13.8 Å². The van der Waals surface area contributed by atoms with Crippen LogP contribution in [-0.2, 0) is 10.8 Å². The lowest BCUT2D eigenvalue weighted by molar-refractivity contribution is 0.324. The van der Waals surface area contributed by atoms with Crippen LogP contribution in [0.25, 0.3) is 0 Å². The first kappa shape index (κ1) is 14.9. The van der Waals surface area contributed by atoms with Crippen molar-refractivity contribution in [2.24, 2.45) is 0 Å². The van der Waals surface area contributed by atoms with Crippen LogP contribution in [0.2, 0.25) is 0 Å². The molecular formula is C12H21N3O2S. The van der Waals surface area contributed by atoms with E-state index in [0.717, 1.165) is 17.8 Å². The Morgan fingerprint density at radius 3 is 2.83 bits per heavy atom. The lowest BCUT2D eigenvalue weighted by Crippen LogP contribution is -2.19. The number of nitrogens with zero attached hydrogens (tertiary/aromatic N) is 2. The van der Waals surface area contributed by atoms with Crippen LogP contribution in [-0.4, -0.2) is 38.8 Å². The molecule has 1 aromatic heterocycles. The highest BCUT2D eigenvalue weighted by Gasteiger charge is 2.10. The molecule has 1 aromatic rings. The normalized spacial score (nSPS) is 14.0. The van der Waals surface area contributed by atoms with Gasteiger partial charge in [0, 0.05) is 28.9 Å². The molecule has 0 aliphatic heterocycles. The minimum absolute atomic E-state index is 0.219. The second kappa shape index (κ2) is 7.31. The summed E-state index contributed by atoms with van der Waals surface area (Å²) in [6.45, 7) is 6.49. The maximum Gasteiger partial charge on any atom is 0.221 e. The number of hydrogen-bond donors (Lipinski definition) is 1. The summed E-state index contributed by atoms with van der Waals surface area (Å²) < 4.78 is 16.5. The smallest absolute Gasteiger partial charge is 0.221 e. The zero-order valence-corrected chi connectivity index (χ0v) is 12.2. The average molecular weight is 271 g/mol. The molecule has 0 saturated heterocycles. The van der Waals surface area contributed by atoms with E-state index >= 15 is 0 Å². The zero-order chi connectivity index (χ0) is 13.5. The summed E-state index contributed by atoms with van der Waals surface area (Å²) in [6, 6.07) is 0.219. The molecule has 0 bridgehead atoms. The third kappa shape index (κ3) is 4.60. The topological polar surface area (TPSA) is 64.1 Å². The van der Waals surface area contributed by atoms with Gasteiger partial charge in [0.25, 0.3) is 0 Å². The number of hydrogen-bond acceptors (Lipinski definition) is 5. The molecule has 0 aliphatic rings. The summed E-state index contributed by atoms with van der Waals surface area (Å²) in [5.41, 5.74) is 0.906. The Morgan fingerprint density at radius 2 is 2.22 bits per heavy atom. The molecule has 0 aromatic carbocycles. The fraction of sp³-hybridized carbons (Fsp3) is 0.667. The molecule has 5 nitrogen and oxygen atoms in total. The quantitative estimate of drug-likeness (QED) is 0.818. The van der Waals surface area contributed by atoms with E-state index in [1.165, 1.54) is 6.33 Å². The molecule has 18 heavy (non-hydrogen) atoms. The zero-order valence-electron chi connectivity index (χ0n) is 11.4. The van der Waals surface area contributed by atoms with Crippen LogP contribution < -0.4 is 10.1 Å². The van der Waals surface area contributed by atoms with Crippen LogP contribution >= 0.6 is 0 Å². The molecule has 0 saturated carbocycles. The van der Waals surface area contributed by atoms with Crippen molar-refractivity contribution in [3.8, 4) is 5.88 Å². The Morgan fingerprint density at radius 1 is 1.50 bits per heavy atom. The van der Waals surface area contributed by atoms with E-state index < -0.39 is 10.8 Å². The van der Waals surface area contributed by atoms with Crippen LogP contribution in [0.3, 0.4) is 0 Å². The first-order valence-corrected chi connectivity index (χ1v) is 7.78. The van der Waals surface area contributed by atoms with Crippen molar-refractivity contribution in [1.82, 2.24) is 9.97 Å². The largest absolute Gasteiger partial charge is 0.478 e. The average Bonchev–Trinajstić information content (AvgIpc) is 2.32. The molecule has 0 fully saturated rings. The van der Waals surface area contributed by atoms with E-state index in [4.69, 9.17) is 4.74 Å². The fourth-order valence-electron chi connectivity index (χ4n) is 1.51. The van der Waals surface area contributed by atoms with E-state index in [9.17, 15) is 4.21 Å². The monoisotopic (exact) mass is 271 g/mol. The first-order chi connectivity index (χ1) is 8.54. The van der Waals surface area contributed by atoms with Crippen molar-refractivity contribution in [2.45, 2.75) is 33.2 Å². The summed E-state index contributed by atoms with van der Waals surface area (Å²) in [6.07, 6.45) is 4.05. The maximum atomic E-state index is 11.0. The van der Waals surface area contributed by atoms with Crippen molar-refractivity contribution in [3.63, 3.8) is 0 Å². The molecule has 1 rings (SSSR count). The van der Waals surface area contributed by atoms with Crippen LogP contribution in [0.4, 0.5) is 5.82 Å². The second-order valence-electron chi connectivity index (χ2n) is 4.20. The highest BCUT2D eigenvalue weighted by Crippen LogP contribution is 2.21. The molecule has 2 unspecified atom stereocenters. The van der Waals surface area contributed by atoms with Gasteiger partial charge in [-0.05, 0) is 27.2 Å².